The molecule has 0 radical (unpaired) electrons. The van der Waals surface area contributed by atoms with E-state index in [1.165, 1.54) is 13.8 Å². The van der Waals surface area contributed by atoms with Gasteiger partial charge in [-0.05, 0) is 31.5 Å². The van der Waals surface area contributed by atoms with Crippen molar-refractivity contribution in [1.29, 1.82) is 0 Å². The van der Waals surface area contributed by atoms with Gasteiger partial charge in [0.2, 0.25) is 0 Å². The Morgan fingerprint density at radius 2 is 1.86 bits per heavy atom. The van der Waals surface area contributed by atoms with Crippen molar-refractivity contribution in [2.45, 2.75) is 26.1 Å². The second kappa shape index (κ2) is 4.42. The van der Waals surface area contributed by atoms with Crippen molar-refractivity contribution in [3.8, 4) is 5.75 Å². The summed E-state index contributed by atoms with van der Waals surface area (Å²) in [5.41, 5.74) is 5.18. The van der Waals surface area contributed by atoms with E-state index in [2.05, 4.69) is 0 Å². The molecular weight excluding hydrogens is 181 g/mol. The van der Waals surface area contributed by atoms with Gasteiger partial charge in [0.15, 0.2) is 0 Å². The monoisotopic (exact) mass is 197 g/mol. The van der Waals surface area contributed by atoms with Crippen LogP contribution in [0.25, 0.3) is 0 Å². The zero-order chi connectivity index (χ0) is 10.6. The molecule has 0 saturated heterocycles. The molecule has 0 aliphatic rings. The van der Waals surface area contributed by atoms with Crippen molar-refractivity contribution in [3.63, 3.8) is 0 Å². The van der Waals surface area contributed by atoms with Crippen LogP contribution in [0.5, 0.6) is 5.75 Å². The van der Waals surface area contributed by atoms with Gasteiger partial charge >= 0.3 is 0 Å². The number of halogens is 1. The van der Waals surface area contributed by atoms with E-state index in [9.17, 15) is 4.39 Å². The summed E-state index contributed by atoms with van der Waals surface area (Å²) >= 11 is 0. The lowest BCUT2D eigenvalue weighted by Crippen LogP contribution is -2.22. The average molecular weight is 197 g/mol. The SMILES string of the molecule is CC(C)(F)COc1ccc(CN)cc1. The molecule has 2 nitrogen and oxygen atoms in total. The molecule has 1 aromatic rings. The van der Waals surface area contributed by atoms with Crippen LogP contribution in [0.2, 0.25) is 0 Å². The first-order valence-corrected chi connectivity index (χ1v) is 4.62. The predicted octanol–water partition coefficient (Wildman–Crippen LogP) is 2.27. The Kier molecular flexibility index (Phi) is 3.47. The Morgan fingerprint density at radius 3 is 2.29 bits per heavy atom. The summed E-state index contributed by atoms with van der Waals surface area (Å²) in [6.45, 7) is 3.55. The van der Waals surface area contributed by atoms with Gasteiger partial charge in [0.1, 0.15) is 18.0 Å². The van der Waals surface area contributed by atoms with E-state index in [0.717, 1.165) is 5.56 Å². The van der Waals surface area contributed by atoms with Gasteiger partial charge in [0.25, 0.3) is 0 Å². The third-order valence-electron chi connectivity index (χ3n) is 1.74. The fourth-order valence-corrected chi connectivity index (χ4v) is 0.977. The molecule has 1 aromatic carbocycles. The highest BCUT2D eigenvalue weighted by molar-refractivity contribution is 5.27. The Labute approximate surface area is 83.9 Å². The van der Waals surface area contributed by atoms with Crippen LogP contribution in [0.15, 0.2) is 24.3 Å². The quantitative estimate of drug-likeness (QED) is 0.803. The Morgan fingerprint density at radius 1 is 1.29 bits per heavy atom. The molecule has 0 atom stereocenters. The van der Waals surface area contributed by atoms with Gasteiger partial charge in [0.05, 0.1) is 0 Å². The molecule has 0 aliphatic carbocycles. The minimum atomic E-state index is -1.30. The Bertz CT molecular complexity index is 276. The maximum atomic E-state index is 13.1. The van der Waals surface area contributed by atoms with Crippen LogP contribution < -0.4 is 10.5 Å². The lowest BCUT2D eigenvalue weighted by atomic mass is 10.2. The standard InChI is InChI=1S/C11H16FNO/c1-11(2,12)8-14-10-5-3-9(7-13)4-6-10/h3-6H,7-8,13H2,1-2H3. The number of benzene rings is 1. The van der Waals surface area contributed by atoms with Crippen molar-refractivity contribution in [2.75, 3.05) is 6.61 Å². The maximum Gasteiger partial charge on any atom is 0.139 e. The van der Waals surface area contributed by atoms with Crippen LogP contribution in [0.1, 0.15) is 19.4 Å². The minimum Gasteiger partial charge on any atom is -0.490 e. The zero-order valence-electron chi connectivity index (χ0n) is 8.59. The first-order valence-electron chi connectivity index (χ1n) is 4.62. The molecule has 0 spiro atoms. The van der Waals surface area contributed by atoms with Crippen molar-refractivity contribution in [3.05, 3.63) is 29.8 Å². The van der Waals surface area contributed by atoms with Crippen LogP contribution in [-0.2, 0) is 6.54 Å². The molecule has 0 fully saturated rings. The third-order valence-corrected chi connectivity index (χ3v) is 1.74. The maximum absolute atomic E-state index is 13.1. The molecule has 78 valence electrons. The molecule has 2 N–H and O–H groups in total. The van der Waals surface area contributed by atoms with Gasteiger partial charge in [-0.15, -0.1) is 0 Å². The molecule has 3 heteroatoms. The second-order valence-corrected chi connectivity index (χ2v) is 3.86. The molecule has 0 heterocycles. The molecule has 0 saturated carbocycles. The van der Waals surface area contributed by atoms with Crippen LogP contribution in [0.3, 0.4) is 0 Å². The highest BCUT2D eigenvalue weighted by Gasteiger charge is 2.15. The molecule has 0 aromatic heterocycles. The lowest BCUT2D eigenvalue weighted by Gasteiger charge is -2.15. The smallest absolute Gasteiger partial charge is 0.139 e. The van der Waals surface area contributed by atoms with Crippen molar-refractivity contribution in [2.24, 2.45) is 5.73 Å². The highest BCUT2D eigenvalue weighted by Crippen LogP contribution is 2.15. The molecule has 0 amide bonds. The van der Waals surface area contributed by atoms with Gasteiger partial charge in [-0.25, -0.2) is 4.39 Å². The van der Waals surface area contributed by atoms with E-state index >= 15 is 0 Å². The predicted molar refractivity (Wildman–Crippen MR) is 55.0 cm³/mol. The zero-order valence-corrected chi connectivity index (χ0v) is 8.59. The number of ether oxygens (including phenoxy) is 1. The van der Waals surface area contributed by atoms with Gasteiger partial charge in [-0.1, -0.05) is 12.1 Å². The third kappa shape index (κ3) is 3.75. The summed E-state index contributed by atoms with van der Waals surface area (Å²) in [6, 6.07) is 7.35. The molecule has 0 bridgehead atoms. The summed E-state index contributed by atoms with van der Waals surface area (Å²) in [6.07, 6.45) is 0. The molecular formula is C11H16FNO. The van der Waals surface area contributed by atoms with Crippen molar-refractivity contribution >= 4 is 0 Å². The lowest BCUT2D eigenvalue weighted by molar-refractivity contribution is 0.121. The van der Waals surface area contributed by atoms with Crippen LogP contribution in [0, 0.1) is 0 Å². The van der Waals surface area contributed by atoms with E-state index < -0.39 is 5.67 Å². The van der Waals surface area contributed by atoms with E-state index in [-0.39, 0.29) is 6.61 Å². The van der Waals surface area contributed by atoms with Crippen LogP contribution >= 0.6 is 0 Å². The second-order valence-electron chi connectivity index (χ2n) is 3.86. The summed E-state index contributed by atoms with van der Waals surface area (Å²) in [5, 5.41) is 0. The van der Waals surface area contributed by atoms with Gasteiger partial charge < -0.3 is 10.5 Å². The number of nitrogens with two attached hydrogens (primary N) is 1. The fraction of sp³-hybridized carbons (Fsp3) is 0.455. The van der Waals surface area contributed by atoms with Crippen LogP contribution in [-0.4, -0.2) is 12.3 Å². The molecule has 1 rings (SSSR count). The fourth-order valence-electron chi connectivity index (χ4n) is 0.977. The summed E-state index contributed by atoms with van der Waals surface area (Å²) in [7, 11) is 0. The first kappa shape index (κ1) is 11.0. The van der Waals surface area contributed by atoms with E-state index in [1.807, 2.05) is 12.1 Å². The number of hydrogen-bond donors (Lipinski definition) is 1. The number of rotatable bonds is 4. The Balaban J connectivity index is 2.52. The summed E-state index contributed by atoms with van der Waals surface area (Å²) < 4.78 is 18.3. The van der Waals surface area contributed by atoms with Crippen molar-refractivity contribution in [1.82, 2.24) is 0 Å². The first-order chi connectivity index (χ1) is 6.51. The van der Waals surface area contributed by atoms with Gasteiger partial charge in [-0.2, -0.15) is 0 Å². The van der Waals surface area contributed by atoms with E-state index in [0.29, 0.717) is 12.3 Å². The normalized spacial score (nSPS) is 11.4. The van der Waals surface area contributed by atoms with E-state index in [4.69, 9.17) is 10.5 Å². The number of hydrogen-bond acceptors (Lipinski definition) is 2. The minimum absolute atomic E-state index is 0.0645. The topological polar surface area (TPSA) is 35.2 Å². The van der Waals surface area contributed by atoms with Crippen molar-refractivity contribution < 1.29 is 9.13 Å². The summed E-state index contributed by atoms with van der Waals surface area (Å²) in [5.74, 6) is 0.674. The highest BCUT2D eigenvalue weighted by atomic mass is 19.1. The summed E-state index contributed by atoms with van der Waals surface area (Å²) in [4.78, 5) is 0. The molecule has 0 unspecified atom stereocenters. The number of alkyl halides is 1. The molecule has 14 heavy (non-hydrogen) atoms. The van der Waals surface area contributed by atoms with Crippen LogP contribution in [0.4, 0.5) is 4.39 Å². The molecule has 0 aliphatic heterocycles. The average Bonchev–Trinajstić information content (AvgIpc) is 2.14. The van der Waals surface area contributed by atoms with Gasteiger partial charge in [0, 0.05) is 6.54 Å². The van der Waals surface area contributed by atoms with Gasteiger partial charge in [-0.3, -0.25) is 0 Å². The largest absolute Gasteiger partial charge is 0.490 e. The Hall–Kier alpha value is -1.09. The van der Waals surface area contributed by atoms with E-state index in [1.54, 1.807) is 12.1 Å².